The number of rotatable bonds is 6. The molecule has 34 heavy (non-hydrogen) atoms. The first kappa shape index (κ1) is 24.5. The molecule has 1 aliphatic rings. The Bertz CT molecular complexity index is 1220. The minimum absolute atomic E-state index is 0.155. The number of carbonyl (C=O) groups excluding carboxylic acids is 1. The molecule has 1 amide bonds. The molecular weight excluding hydrogens is 499 g/mol. The van der Waals surface area contributed by atoms with Crippen molar-refractivity contribution in [2.45, 2.75) is 26.2 Å². The first-order chi connectivity index (χ1) is 16.3. The van der Waals surface area contributed by atoms with Crippen LogP contribution in [-0.2, 0) is 4.79 Å². The predicted molar refractivity (Wildman–Crippen MR) is 133 cm³/mol. The molecule has 7 nitrogen and oxygen atoms in total. The van der Waals surface area contributed by atoms with E-state index in [-0.39, 0.29) is 5.69 Å². The van der Waals surface area contributed by atoms with Crippen LogP contribution in [-0.4, -0.2) is 56.4 Å². The van der Waals surface area contributed by atoms with E-state index >= 15 is 0 Å². The van der Waals surface area contributed by atoms with Crippen LogP contribution in [0.3, 0.4) is 0 Å². The number of nitrogens with zero attached hydrogens (tertiary/aromatic N) is 4. The quantitative estimate of drug-likeness (QED) is 0.448. The highest BCUT2D eigenvalue weighted by Crippen LogP contribution is 2.33. The van der Waals surface area contributed by atoms with Crippen molar-refractivity contribution in [1.29, 1.82) is 0 Å². The van der Waals surface area contributed by atoms with E-state index in [2.05, 4.69) is 5.10 Å². The molecule has 1 saturated heterocycles. The van der Waals surface area contributed by atoms with E-state index in [0.29, 0.717) is 45.1 Å². The molecule has 2 aromatic carbocycles. The molecule has 1 aliphatic heterocycles. The smallest absolute Gasteiger partial charge is 0.324 e. The molecule has 2 heterocycles. The van der Waals surface area contributed by atoms with Crippen molar-refractivity contribution in [2.75, 3.05) is 19.6 Å². The summed E-state index contributed by atoms with van der Waals surface area (Å²) in [5.41, 5.74) is 2.73. The third kappa shape index (κ3) is 5.08. The lowest BCUT2D eigenvalue weighted by atomic mass is 10.1. The van der Waals surface area contributed by atoms with Crippen LogP contribution in [0.5, 0.6) is 0 Å². The highest BCUT2D eigenvalue weighted by Gasteiger charge is 2.31. The van der Waals surface area contributed by atoms with Crippen molar-refractivity contribution in [3.8, 4) is 16.9 Å². The topological polar surface area (TPSA) is 78.7 Å². The zero-order valence-corrected chi connectivity index (χ0v) is 20.7. The molecule has 4 rings (SSSR count). The summed E-state index contributed by atoms with van der Waals surface area (Å²) >= 11 is 18.7. The summed E-state index contributed by atoms with van der Waals surface area (Å²) in [4.78, 5) is 25.3. The fraction of sp³-hybridized carbons (Fsp3) is 0.292. The first-order valence-corrected chi connectivity index (χ1v) is 12.0. The molecule has 0 radical (unpaired) electrons. The Labute approximate surface area is 212 Å². The van der Waals surface area contributed by atoms with Gasteiger partial charge in [-0.2, -0.15) is 5.10 Å². The Morgan fingerprint density at radius 3 is 2.26 bits per heavy atom. The minimum Gasteiger partial charge on any atom is -0.480 e. The summed E-state index contributed by atoms with van der Waals surface area (Å²) in [5, 5.41) is 18.6. The maximum absolute atomic E-state index is 13.7. The Morgan fingerprint density at radius 1 is 1.00 bits per heavy atom. The van der Waals surface area contributed by atoms with Crippen molar-refractivity contribution >= 4 is 46.7 Å². The number of carbonyl (C=O) groups is 2. The standard InChI is InChI=1S/C24H23Cl3N4O3/c1-15-22(24(34)30(14-21(32)33)29-11-3-2-4-12-29)28-31(20-10-9-18(26)13-19(20)27)23(15)16-5-7-17(25)8-6-16/h5-10,13H,2-4,11-12,14H2,1H3,(H,32,33). The molecule has 1 fully saturated rings. The number of amides is 1. The first-order valence-electron chi connectivity index (χ1n) is 10.9. The largest absolute Gasteiger partial charge is 0.480 e. The van der Waals surface area contributed by atoms with E-state index in [1.165, 1.54) is 5.01 Å². The monoisotopic (exact) mass is 520 g/mol. The van der Waals surface area contributed by atoms with E-state index in [9.17, 15) is 14.7 Å². The second kappa shape index (κ2) is 10.4. The summed E-state index contributed by atoms with van der Waals surface area (Å²) in [7, 11) is 0. The number of piperidine rings is 1. The summed E-state index contributed by atoms with van der Waals surface area (Å²) in [5.74, 6) is -1.56. The number of halogens is 3. The lowest BCUT2D eigenvalue weighted by molar-refractivity contribution is -0.142. The fourth-order valence-electron chi connectivity index (χ4n) is 4.14. The molecular formula is C24H23Cl3N4O3. The lowest BCUT2D eigenvalue weighted by Gasteiger charge is -2.36. The molecule has 0 bridgehead atoms. The van der Waals surface area contributed by atoms with Crippen LogP contribution in [0.4, 0.5) is 0 Å². The normalized spacial score (nSPS) is 14.2. The van der Waals surface area contributed by atoms with E-state index in [1.54, 1.807) is 46.9 Å². The molecule has 178 valence electrons. The van der Waals surface area contributed by atoms with Crippen molar-refractivity contribution in [2.24, 2.45) is 0 Å². The van der Waals surface area contributed by atoms with Crippen molar-refractivity contribution in [3.63, 3.8) is 0 Å². The number of carboxylic acids is 1. The Hall–Kier alpha value is -2.58. The van der Waals surface area contributed by atoms with Crippen LogP contribution in [0, 0.1) is 6.92 Å². The summed E-state index contributed by atoms with van der Waals surface area (Å²) < 4.78 is 1.60. The third-order valence-corrected chi connectivity index (χ3v) is 6.56. The molecule has 0 saturated carbocycles. The van der Waals surface area contributed by atoms with Gasteiger partial charge in [-0.05, 0) is 50.1 Å². The van der Waals surface area contributed by atoms with Gasteiger partial charge in [-0.15, -0.1) is 0 Å². The van der Waals surface area contributed by atoms with Gasteiger partial charge in [-0.1, -0.05) is 53.4 Å². The molecule has 1 N–H and O–H groups in total. The molecule has 0 unspecified atom stereocenters. The van der Waals surface area contributed by atoms with Gasteiger partial charge in [0.05, 0.1) is 16.4 Å². The van der Waals surface area contributed by atoms with Gasteiger partial charge in [0.15, 0.2) is 5.69 Å². The van der Waals surface area contributed by atoms with Crippen molar-refractivity contribution in [1.82, 2.24) is 19.8 Å². The zero-order chi connectivity index (χ0) is 24.4. The summed E-state index contributed by atoms with van der Waals surface area (Å²) in [6.45, 7) is 2.58. The number of aliphatic carboxylic acids is 1. The zero-order valence-electron chi connectivity index (χ0n) is 18.5. The fourth-order valence-corrected chi connectivity index (χ4v) is 4.76. The van der Waals surface area contributed by atoms with Gasteiger partial charge in [0.25, 0.3) is 5.91 Å². The number of hydrazine groups is 1. The number of benzene rings is 2. The second-order valence-corrected chi connectivity index (χ2v) is 9.39. The van der Waals surface area contributed by atoms with E-state index in [4.69, 9.17) is 34.8 Å². The number of aromatic nitrogens is 2. The molecule has 1 aromatic heterocycles. The van der Waals surface area contributed by atoms with E-state index < -0.39 is 18.4 Å². The summed E-state index contributed by atoms with van der Waals surface area (Å²) in [6.07, 6.45) is 2.84. The SMILES string of the molecule is Cc1c(C(=O)N(CC(=O)O)N2CCCCC2)nn(-c2ccc(Cl)cc2Cl)c1-c1ccc(Cl)cc1. The minimum atomic E-state index is -1.09. The van der Waals surface area contributed by atoms with Crippen LogP contribution < -0.4 is 0 Å². The number of carboxylic acid groups (broad SMARTS) is 1. The maximum Gasteiger partial charge on any atom is 0.324 e. The van der Waals surface area contributed by atoms with Gasteiger partial charge >= 0.3 is 5.97 Å². The maximum atomic E-state index is 13.7. The third-order valence-electron chi connectivity index (χ3n) is 5.77. The molecule has 10 heteroatoms. The molecule has 3 aromatic rings. The van der Waals surface area contributed by atoms with Gasteiger partial charge < -0.3 is 5.11 Å². The van der Waals surface area contributed by atoms with Crippen LogP contribution in [0.2, 0.25) is 15.1 Å². The van der Waals surface area contributed by atoms with Crippen LogP contribution in [0.25, 0.3) is 16.9 Å². The molecule has 0 spiro atoms. The highest BCUT2D eigenvalue weighted by molar-refractivity contribution is 6.35. The Balaban J connectivity index is 1.86. The second-order valence-electron chi connectivity index (χ2n) is 8.11. The van der Waals surface area contributed by atoms with Crippen molar-refractivity contribution < 1.29 is 14.7 Å². The number of hydrogen-bond acceptors (Lipinski definition) is 4. The van der Waals surface area contributed by atoms with Crippen molar-refractivity contribution in [3.05, 3.63) is 68.8 Å². The van der Waals surface area contributed by atoms with Crippen LogP contribution in [0.1, 0.15) is 35.3 Å². The molecule has 0 aliphatic carbocycles. The Kier molecular flexibility index (Phi) is 7.48. The lowest BCUT2D eigenvalue weighted by Crippen LogP contribution is -2.51. The van der Waals surface area contributed by atoms with Gasteiger partial charge in [0, 0.05) is 34.3 Å². The van der Waals surface area contributed by atoms with Crippen LogP contribution in [0.15, 0.2) is 42.5 Å². The van der Waals surface area contributed by atoms with E-state index in [0.717, 1.165) is 24.8 Å². The van der Waals surface area contributed by atoms with Crippen LogP contribution >= 0.6 is 34.8 Å². The molecule has 0 atom stereocenters. The Morgan fingerprint density at radius 2 is 1.65 bits per heavy atom. The predicted octanol–water partition coefficient (Wildman–Crippen LogP) is 5.74. The van der Waals surface area contributed by atoms with Gasteiger partial charge in [-0.25, -0.2) is 9.69 Å². The van der Waals surface area contributed by atoms with Gasteiger partial charge in [-0.3, -0.25) is 14.6 Å². The average Bonchev–Trinajstić information content (AvgIpc) is 3.15. The number of hydrogen-bond donors (Lipinski definition) is 1. The summed E-state index contributed by atoms with van der Waals surface area (Å²) in [6, 6.07) is 12.2. The van der Waals surface area contributed by atoms with Gasteiger partial charge in [0.2, 0.25) is 0 Å². The highest BCUT2D eigenvalue weighted by atomic mass is 35.5. The van der Waals surface area contributed by atoms with Gasteiger partial charge in [0.1, 0.15) is 6.54 Å². The average molecular weight is 522 g/mol. The van der Waals surface area contributed by atoms with E-state index in [1.807, 2.05) is 12.1 Å².